The molecule has 1 fully saturated rings. The normalized spacial score (nSPS) is 16.9. The summed E-state index contributed by atoms with van der Waals surface area (Å²) in [5, 5.41) is 13.7. The number of nitro groups is 1. The van der Waals surface area contributed by atoms with E-state index in [1.54, 1.807) is 19.2 Å². The summed E-state index contributed by atoms with van der Waals surface area (Å²) in [6, 6.07) is 4.39. The van der Waals surface area contributed by atoms with Crippen LogP contribution in [0.5, 0.6) is 0 Å². The van der Waals surface area contributed by atoms with Gasteiger partial charge in [-0.1, -0.05) is 0 Å². The SMILES string of the molecule is Cc1cc([N+](=O)[O-])ccc1NC(=O)N1CCCC1Cn1ccnc1C. The number of urea groups is 1. The number of carbonyl (C=O) groups is 1. The molecule has 1 atom stereocenters. The highest BCUT2D eigenvalue weighted by atomic mass is 16.6. The molecule has 1 N–H and O–H groups in total. The van der Waals surface area contributed by atoms with Crippen molar-refractivity contribution in [2.45, 2.75) is 39.3 Å². The highest BCUT2D eigenvalue weighted by Crippen LogP contribution is 2.24. The first-order valence-corrected chi connectivity index (χ1v) is 8.26. The smallest absolute Gasteiger partial charge is 0.322 e. The number of rotatable bonds is 4. The van der Waals surface area contributed by atoms with Crippen LogP contribution in [0.1, 0.15) is 24.2 Å². The third kappa shape index (κ3) is 3.62. The lowest BCUT2D eigenvalue weighted by Crippen LogP contribution is -2.41. The molecule has 0 spiro atoms. The van der Waals surface area contributed by atoms with E-state index in [0.717, 1.165) is 25.2 Å². The number of carbonyl (C=O) groups excluding carboxylic acids is 1. The van der Waals surface area contributed by atoms with E-state index in [-0.39, 0.29) is 17.8 Å². The van der Waals surface area contributed by atoms with Gasteiger partial charge in [-0.25, -0.2) is 9.78 Å². The molecule has 132 valence electrons. The number of aryl methyl sites for hydroxylation is 2. The van der Waals surface area contributed by atoms with E-state index in [2.05, 4.69) is 10.3 Å². The minimum atomic E-state index is -0.442. The van der Waals surface area contributed by atoms with Crippen LogP contribution >= 0.6 is 0 Å². The zero-order valence-corrected chi connectivity index (χ0v) is 14.3. The quantitative estimate of drug-likeness (QED) is 0.682. The molecule has 1 saturated heterocycles. The second-order valence-electron chi connectivity index (χ2n) is 6.30. The highest BCUT2D eigenvalue weighted by molar-refractivity contribution is 5.90. The van der Waals surface area contributed by atoms with E-state index in [1.807, 2.05) is 22.6 Å². The Bertz CT molecular complexity index is 801. The maximum absolute atomic E-state index is 12.7. The standard InChI is InChI=1S/C17H21N5O3/c1-12-10-14(22(24)25)5-6-16(12)19-17(23)21-8-3-4-15(21)11-20-9-7-18-13(20)2/h5-7,9-10,15H,3-4,8,11H2,1-2H3,(H,19,23). The third-order valence-electron chi connectivity index (χ3n) is 4.63. The molecule has 2 amide bonds. The number of aromatic nitrogens is 2. The lowest BCUT2D eigenvalue weighted by atomic mass is 10.2. The molecule has 1 aromatic carbocycles. The van der Waals surface area contributed by atoms with Crippen molar-refractivity contribution in [2.24, 2.45) is 0 Å². The van der Waals surface area contributed by atoms with Crippen LogP contribution in [0.3, 0.4) is 0 Å². The maximum atomic E-state index is 12.7. The second kappa shape index (κ2) is 6.92. The average Bonchev–Trinajstić information content (AvgIpc) is 3.19. The molecular weight excluding hydrogens is 322 g/mol. The Labute approximate surface area is 145 Å². The van der Waals surface area contributed by atoms with Crippen LogP contribution in [0.2, 0.25) is 0 Å². The molecule has 1 aliphatic rings. The molecule has 0 aliphatic carbocycles. The lowest BCUT2D eigenvalue weighted by molar-refractivity contribution is -0.384. The summed E-state index contributed by atoms with van der Waals surface area (Å²) in [4.78, 5) is 29.1. The Kier molecular flexibility index (Phi) is 4.69. The van der Waals surface area contributed by atoms with Crippen LogP contribution in [-0.2, 0) is 6.54 Å². The fourth-order valence-corrected chi connectivity index (χ4v) is 3.21. The van der Waals surface area contributed by atoms with Crippen LogP contribution in [0, 0.1) is 24.0 Å². The molecule has 1 aliphatic heterocycles. The van der Waals surface area contributed by atoms with Crippen molar-refractivity contribution in [3.8, 4) is 0 Å². The number of likely N-dealkylation sites (tertiary alicyclic amines) is 1. The number of anilines is 1. The van der Waals surface area contributed by atoms with Gasteiger partial charge >= 0.3 is 6.03 Å². The Morgan fingerprint density at radius 3 is 2.88 bits per heavy atom. The predicted molar refractivity (Wildman–Crippen MR) is 93.5 cm³/mol. The molecule has 0 saturated carbocycles. The number of non-ortho nitro benzene ring substituents is 1. The van der Waals surface area contributed by atoms with Crippen molar-refractivity contribution >= 4 is 17.4 Å². The maximum Gasteiger partial charge on any atom is 0.322 e. The number of benzene rings is 1. The minimum Gasteiger partial charge on any atom is -0.333 e. The van der Waals surface area contributed by atoms with Gasteiger partial charge in [0.05, 0.1) is 11.0 Å². The molecule has 2 heterocycles. The van der Waals surface area contributed by atoms with E-state index in [4.69, 9.17) is 0 Å². The number of hydrogen-bond acceptors (Lipinski definition) is 4. The van der Waals surface area contributed by atoms with Gasteiger partial charge in [0, 0.05) is 43.3 Å². The van der Waals surface area contributed by atoms with Crippen LogP contribution in [0.15, 0.2) is 30.6 Å². The van der Waals surface area contributed by atoms with Gasteiger partial charge < -0.3 is 14.8 Å². The number of hydrogen-bond donors (Lipinski definition) is 1. The van der Waals surface area contributed by atoms with Crippen molar-refractivity contribution in [1.29, 1.82) is 0 Å². The summed E-state index contributed by atoms with van der Waals surface area (Å²) in [6.07, 6.45) is 5.59. The summed E-state index contributed by atoms with van der Waals surface area (Å²) in [6.45, 7) is 5.12. The summed E-state index contributed by atoms with van der Waals surface area (Å²) in [7, 11) is 0. The summed E-state index contributed by atoms with van der Waals surface area (Å²) >= 11 is 0. The van der Waals surface area contributed by atoms with Gasteiger partial charge in [0.15, 0.2) is 0 Å². The number of amides is 2. The Hall–Kier alpha value is -2.90. The topological polar surface area (TPSA) is 93.3 Å². The van der Waals surface area contributed by atoms with Gasteiger partial charge in [0.1, 0.15) is 5.82 Å². The molecule has 8 heteroatoms. The van der Waals surface area contributed by atoms with Gasteiger partial charge in [-0.15, -0.1) is 0 Å². The molecule has 2 aromatic rings. The number of nitro benzene ring substituents is 1. The Morgan fingerprint density at radius 2 is 2.24 bits per heavy atom. The van der Waals surface area contributed by atoms with Crippen LogP contribution < -0.4 is 5.32 Å². The van der Waals surface area contributed by atoms with Crippen LogP contribution in [0.4, 0.5) is 16.2 Å². The number of nitrogens with zero attached hydrogens (tertiary/aromatic N) is 4. The molecule has 1 unspecified atom stereocenters. The van der Waals surface area contributed by atoms with E-state index in [1.165, 1.54) is 12.1 Å². The van der Waals surface area contributed by atoms with Gasteiger partial charge in [-0.3, -0.25) is 10.1 Å². The zero-order valence-electron chi connectivity index (χ0n) is 14.3. The Balaban J connectivity index is 1.70. The predicted octanol–water partition coefficient (Wildman–Crippen LogP) is 3.10. The van der Waals surface area contributed by atoms with Crippen molar-refractivity contribution in [3.05, 3.63) is 52.1 Å². The van der Waals surface area contributed by atoms with Gasteiger partial charge in [-0.2, -0.15) is 0 Å². The Morgan fingerprint density at radius 1 is 1.44 bits per heavy atom. The van der Waals surface area contributed by atoms with Crippen molar-refractivity contribution in [2.75, 3.05) is 11.9 Å². The molecule has 0 bridgehead atoms. The van der Waals surface area contributed by atoms with E-state index in [0.29, 0.717) is 17.8 Å². The van der Waals surface area contributed by atoms with Gasteiger partial charge in [0.25, 0.3) is 5.69 Å². The highest BCUT2D eigenvalue weighted by Gasteiger charge is 2.29. The molecule has 3 rings (SSSR count). The van der Waals surface area contributed by atoms with E-state index in [9.17, 15) is 14.9 Å². The number of imidazole rings is 1. The lowest BCUT2D eigenvalue weighted by Gasteiger charge is -2.26. The molecule has 0 radical (unpaired) electrons. The molecule has 25 heavy (non-hydrogen) atoms. The van der Waals surface area contributed by atoms with Crippen LogP contribution in [-0.4, -0.2) is 38.0 Å². The first-order valence-electron chi connectivity index (χ1n) is 8.26. The van der Waals surface area contributed by atoms with Crippen LogP contribution in [0.25, 0.3) is 0 Å². The number of nitrogens with one attached hydrogen (secondary N) is 1. The fraction of sp³-hybridized carbons (Fsp3) is 0.412. The largest absolute Gasteiger partial charge is 0.333 e. The monoisotopic (exact) mass is 343 g/mol. The third-order valence-corrected chi connectivity index (χ3v) is 4.63. The van der Waals surface area contributed by atoms with E-state index < -0.39 is 4.92 Å². The summed E-state index contributed by atoms with van der Waals surface area (Å²) < 4.78 is 2.05. The summed E-state index contributed by atoms with van der Waals surface area (Å²) in [5.41, 5.74) is 1.29. The second-order valence-corrected chi connectivity index (χ2v) is 6.30. The fourth-order valence-electron chi connectivity index (χ4n) is 3.21. The van der Waals surface area contributed by atoms with Crippen molar-refractivity contribution < 1.29 is 9.72 Å². The average molecular weight is 343 g/mol. The minimum absolute atomic E-state index is 0.0186. The van der Waals surface area contributed by atoms with E-state index >= 15 is 0 Å². The first-order chi connectivity index (χ1) is 12.0. The molecule has 8 nitrogen and oxygen atoms in total. The zero-order chi connectivity index (χ0) is 18.0. The first kappa shape index (κ1) is 16.9. The van der Waals surface area contributed by atoms with Gasteiger partial charge in [-0.05, 0) is 38.3 Å². The van der Waals surface area contributed by atoms with Gasteiger partial charge in [0.2, 0.25) is 0 Å². The van der Waals surface area contributed by atoms with Crippen molar-refractivity contribution in [1.82, 2.24) is 14.5 Å². The molecule has 1 aromatic heterocycles. The van der Waals surface area contributed by atoms with Crippen molar-refractivity contribution in [3.63, 3.8) is 0 Å². The summed E-state index contributed by atoms with van der Waals surface area (Å²) in [5.74, 6) is 0.929. The molecular formula is C17H21N5O3.